The van der Waals surface area contributed by atoms with Crippen molar-refractivity contribution in [1.82, 2.24) is 0 Å². The molecule has 3 aromatic carbocycles. The van der Waals surface area contributed by atoms with Crippen LogP contribution >= 0.6 is 0 Å². The molecule has 0 saturated heterocycles. The molecule has 132 valence electrons. The number of carboxylic acid groups (broad SMARTS) is 1. The fourth-order valence-electron chi connectivity index (χ4n) is 2.89. The molecule has 0 aromatic heterocycles. The van der Waals surface area contributed by atoms with E-state index in [0.29, 0.717) is 6.42 Å². The van der Waals surface area contributed by atoms with E-state index in [-0.39, 0.29) is 5.75 Å². The highest BCUT2D eigenvalue weighted by Crippen LogP contribution is 2.21. The molecule has 3 rings (SSSR count). The zero-order valence-electron chi connectivity index (χ0n) is 14.3. The van der Waals surface area contributed by atoms with E-state index in [9.17, 15) is 15.0 Å². The zero-order chi connectivity index (χ0) is 18.4. The third kappa shape index (κ3) is 4.63. The van der Waals surface area contributed by atoms with Gasteiger partial charge >= 0.3 is 5.97 Å². The first-order valence-corrected chi connectivity index (χ1v) is 8.51. The molecule has 0 amide bonds. The van der Waals surface area contributed by atoms with E-state index in [4.69, 9.17) is 0 Å². The Labute approximate surface area is 152 Å². The van der Waals surface area contributed by atoms with Crippen molar-refractivity contribution in [3.8, 4) is 5.75 Å². The quantitative estimate of drug-likeness (QED) is 0.602. The van der Waals surface area contributed by atoms with E-state index in [0.717, 1.165) is 23.2 Å². The Bertz CT molecular complexity index is 860. The number of carboxylic acids is 1. The number of aromatic hydroxyl groups is 1. The summed E-state index contributed by atoms with van der Waals surface area (Å²) in [7, 11) is 0. The van der Waals surface area contributed by atoms with Crippen LogP contribution in [0, 0.1) is 0 Å². The molecule has 26 heavy (non-hydrogen) atoms. The minimum absolute atomic E-state index is 0.168. The highest BCUT2D eigenvalue weighted by atomic mass is 16.4. The van der Waals surface area contributed by atoms with Gasteiger partial charge in [0.15, 0.2) is 0 Å². The second kappa shape index (κ2) is 8.21. The number of benzene rings is 3. The van der Waals surface area contributed by atoms with Gasteiger partial charge < -0.3 is 15.5 Å². The number of para-hydroxylation sites is 1. The fourth-order valence-corrected chi connectivity index (χ4v) is 2.89. The van der Waals surface area contributed by atoms with Crippen LogP contribution in [0.25, 0.3) is 0 Å². The largest absolute Gasteiger partial charge is 0.508 e. The van der Waals surface area contributed by atoms with Gasteiger partial charge in [-0.05, 0) is 41.3 Å². The van der Waals surface area contributed by atoms with Crippen LogP contribution in [0.1, 0.15) is 16.7 Å². The molecular formula is C22H21NO3. The number of carbonyl (C=O) groups is 1. The van der Waals surface area contributed by atoms with E-state index in [1.807, 2.05) is 42.5 Å². The Morgan fingerprint density at radius 1 is 0.846 bits per heavy atom. The van der Waals surface area contributed by atoms with Gasteiger partial charge in [0, 0.05) is 12.1 Å². The van der Waals surface area contributed by atoms with Crippen molar-refractivity contribution in [1.29, 1.82) is 0 Å². The van der Waals surface area contributed by atoms with Crippen LogP contribution in [0.3, 0.4) is 0 Å². The molecule has 4 nitrogen and oxygen atoms in total. The van der Waals surface area contributed by atoms with Gasteiger partial charge in [-0.1, -0.05) is 60.7 Å². The average molecular weight is 347 g/mol. The lowest BCUT2D eigenvalue weighted by Crippen LogP contribution is -2.31. The number of hydrogen-bond donors (Lipinski definition) is 3. The van der Waals surface area contributed by atoms with Gasteiger partial charge in [0.1, 0.15) is 11.8 Å². The number of rotatable bonds is 7. The fraction of sp³-hybridized carbons (Fsp3) is 0.136. The first-order chi connectivity index (χ1) is 12.6. The molecular weight excluding hydrogens is 326 g/mol. The Balaban J connectivity index is 1.79. The summed E-state index contributed by atoms with van der Waals surface area (Å²) < 4.78 is 0. The van der Waals surface area contributed by atoms with Crippen LogP contribution in [0.2, 0.25) is 0 Å². The molecule has 1 atom stereocenters. The van der Waals surface area contributed by atoms with Crippen molar-refractivity contribution in [2.75, 3.05) is 5.32 Å². The summed E-state index contributed by atoms with van der Waals surface area (Å²) in [5.74, 6) is -0.741. The molecule has 3 aromatic rings. The van der Waals surface area contributed by atoms with Gasteiger partial charge in [-0.2, -0.15) is 0 Å². The minimum Gasteiger partial charge on any atom is -0.508 e. The Kier molecular flexibility index (Phi) is 5.54. The summed E-state index contributed by atoms with van der Waals surface area (Å²) in [5, 5.41) is 22.2. The summed E-state index contributed by atoms with van der Waals surface area (Å²) in [6, 6.07) is 23.7. The maximum Gasteiger partial charge on any atom is 0.326 e. The van der Waals surface area contributed by atoms with E-state index in [2.05, 4.69) is 17.4 Å². The van der Waals surface area contributed by atoms with Gasteiger partial charge in [-0.15, -0.1) is 0 Å². The van der Waals surface area contributed by atoms with Crippen LogP contribution in [0.15, 0.2) is 78.9 Å². The lowest BCUT2D eigenvalue weighted by molar-refractivity contribution is -0.137. The van der Waals surface area contributed by atoms with E-state index in [1.54, 1.807) is 24.3 Å². The van der Waals surface area contributed by atoms with Gasteiger partial charge in [-0.3, -0.25) is 0 Å². The molecule has 0 aliphatic heterocycles. The van der Waals surface area contributed by atoms with Gasteiger partial charge in [-0.25, -0.2) is 4.79 Å². The number of phenols is 1. The Hall–Kier alpha value is -3.27. The first kappa shape index (κ1) is 17.5. The predicted molar refractivity (Wildman–Crippen MR) is 103 cm³/mol. The van der Waals surface area contributed by atoms with E-state index in [1.165, 1.54) is 5.56 Å². The molecule has 0 aliphatic carbocycles. The van der Waals surface area contributed by atoms with Crippen molar-refractivity contribution in [3.63, 3.8) is 0 Å². The molecule has 0 spiro atoms. The minimum atomic E-state index is -0.910. The molecule has 0 aliphatic rings. The van der Waals surface area contributed by atoms with Crippen LogP contribution in [-0.4, -0.2) is 22.2 Å². The zero-order valence-corrected chi connectivity index (χ0v) is 14.3. The number of aliphatic carboxylic acids is 1. The number of phenolic OH excluding ortho intramolecular Hbond substituents is 1. The van der Waals surface area contributed by atoms with Crippen LogP contribution < -0.4 is 5.32 Å². The maximum absolute atomic E-state index is 11.7. The predicted octanol–water partition coefficient (Wildman–Crippen LogP) is 4.09. The molecule has 0 heterocycles. The number of nitrogens with one attached hydrogen (secondary N) is 1. The van der Waals surface area contributed by atoms with Crippen LogP contribution in [-0.2, 0) is 17.6 Å². The SMILES string of the molecule is O=C(O)[C@H](Cc1ccc(O)cc1)Nc1ccccc1Cc1ccccc1. The number of hydrogen-bond acceptors (Lipinski definition) is 3. The third-order valence-electron chi connectivity index (χ3n) is 4.26. The summed E-state index contributed by atoms with van der Waals surface area (Å²) in [6.45, 7) is 0. The van der Waals surface area contributed by atoms with Crippen molar-refractivity contribution in [3.05, 3.63) is 95.6 Å². The van der Waals surface area contributed by atoms with Gasteiger partial charge in [0.05, 0.1) is 0 Å². The molecule has 4 heteroatoms. The summed E-state index contributed by atoms with van der Waals surface area (Å²) in [6.07, 6.45) is 1.06. The molecule has 3 N–H and O–H groups in total. The highest BCUT2D eigenvalue weighted by molar-refractivity contribution is 5.78. The van der Waals surface area contributed by atoms with Crippen molar-refractivity contribution >= 4 is 11.7 Å². The molecule has 0 unspecified atom stereocenters. The second-order valence-electron chi connectivity index (χ2n) is 6.23. The maximum atomic E-state index is 11.7. The van der Waals surface area contributed by atoms with Gasteiger partial charge in [0.25, 0.3) is 0 Å². The summed E-state index contributed by atoms with van der Waals surface area (Å²) in [5.41, 5.74) is 3.90. The van der Waals surface area contributed by atoms with Gasteiger partial charge in [0.2, 0.25) is 0 Å². The summed E-state index contributed by atoms with van der Waals surface area (Å²) in [4.78, 5) is 11.7. The topological polar surface area (TPSA) is 69.6 Å². The monoisotopic (exact) mass is 347 g/mol. The lowest BCUT2D eigenvalue weighted by Gasteiger charge is -2.19. The molecule has 0 radical (unpaired) electrons. The van der Waals surface area contributed by atoms with Crippen molar-refractivity contribution < 1.29 is 15.0 Å². The standard InChI is InChI=1S/C22H21NO3/c24-19-12-10-17(11-13-19)15-21(22(25)26)23-20-9-5-4-8-18(20)14-16-6-2-1-3-7-16/h1-13,21,23-24H,14-15H2,(H,25,26)/t21-/m0/s1. The Morgan fingerprint density at radius 2 is 1.50 bits per heavy atom. The first-order valence-electron chi connectivity index (χ1n) is 8.51. The van der Waals surface area contributed by atoms with Crippen LogP contribution in [0.4, 0.5) is 5.69 Å². The molecule has 0 saturated carbocycles. The normalized spacial score (nSPS) is 11.7. The lowest BCUT2D eigenvalue weighted by atomic mass is 10.0. The third-order valence-corrected chi connectivity index (χ3v) is 4.26. The van der Waals surface area contributed by atoms with Crippen molar-refractivity contribution in [2.45, 2.75) is 18.9 Å². The second-order valence-corrected chi connectivity index (χ2v) is 6.23. The average Bonchev–Trinajstić information content (AvgIpc) is 2.65. The highest BCUT2D eigenvalue weighted by Gasteiger charge is 2.19. The molecule has 0 bridgehead atoms. The molecule has 0 fully saturated rings. The number of anilines is 1. The van der Waals surface area contributed by atoms with E-state index >= 15 is 0 Å². The van der Waals surface area contributed by atoms with E-state index < -0.39 is 12.0 Å². The summed E-state index contributed by atoms with van der Waals surface area (Å²) >= 11 is 0. The Morgan fingerprint density at radius 3 is 2.19 bits per heavy atom. The smallest absolute Gasteiger partial charge is 0.326 e. The van der Waals surface area contributed by atoms with Crippen molar-refractivity contribution in [2.24, 2.45) is 0 Å². The van der Waals surface area contributed by atoms with Crippen LogP contribution in [0.5, 0.6) is 5.75 Å².